The van der Waals surface area contributed by atoms with Crippen molar-refractivity contribution in [2.45, 2.75) is 12.8 Å². The zero-order valence-electron chi connectivity index (χ0n) is 4.32. The molecule has 0 N–H and O–H groups in total. The van der Waals surface area contributed by atoms with Crippen molar-refractivity contribution < 1.29 is 4.39 Å². The van der Waals surface area contributed by atoms with E-state index in [1.807, 2.05) is 28.7 Å². The highest BCUT2D eigenvalue weighted by molar-refractivity contribution is 14.1. The van der Waals surface area contributed by atoms with E-state index in [-0.39, 0.29) is 5.83 Å². The minimum atomic E-state index is -0.0585. The molecule has 8 heavy (non-hydrogen) atoms. The van der Waals surface area contributed by atoms with Crippen molar-refractivity contribution in [2.24, 2.45) is 0 Å². The highest BCUT2D eigenvalue weighted by Gasteiger charge is 2.01. The van der Waals surface area contributed by atoms with Gasteiger partial charge in [-0.15, -0.1) is 0 Å². The van der Waals surface area contributed by atoms with Crippen molar-refractivity contribution >= 4 is 22.6 Å². The molecule has 0 fully saturated rings. The molecule has 2 heteroatoms. The molecule has 1 aliphatic carbocycles. The van der Waals surface area contributed by atoms with Crippen molar-refractivity contribution in [3.05, 3.63) is 21.6 Å². The Morgan fingerprint density at radius 1 is 1.38 bits per heavy atom. The Morgan fingerprint density at radius 2 is 2.00 bits per heavy atom. The molecule has 1 rings (SSSR count). The second kappa shape index (κ2) is 2.62. The summed E-state index contributed by atoms with van der Waals surface area (Å²) in [6.07, 6.45) is 5.39. The predicted octanol–water partition coefficient (Wildman–Crippen LogP) is 2.95. The molecule has 0 aliphatic heterocycles. The van der Waals surface area contributed by atoms with E-state index < -0.39 is 0 Å². The first-order chi connectivity index (χ1) is 3.80. The van der Waals surface area contributed by atoms with Gasteiger partial charge in [-0.1, -0.05) is 6.08 Å². The molecule has 0 spiro atoms. The molecular formula is C6H6FI. The number of hydrogen-bond donors (Lipinski definition) is 0. The maximum Gasteiger partial charge on any atom is 0.132 e. The Morgan fingerprint density at radius 3 is 2.38 bits per heavy atom. The molecule has 0 aromatic rings. The van der Waals surface area contributed by atoms with Crippen molar-refractivity contribution in [3.8, 4) is 0 Å². The van der Waals surface area contributed by atoms with Crippen LogP contribution in [0.2, 0.25) is 0 Å². The summed E-state index contributed by atoms with van der Waals surface area (Å²) in [5.41, 5.74) is 0. The summed E-state index contributed by atoms with van der Waals surface area (Å²) in [6.45, 7) is 0. The van der Waals surface area contributed by atoms with E-state index in [1.165, 1.54) is 0 Å². The first-order valence-corrected chi connectivity index (χ1v) is 3.60. The molecule has 44 valence electrons. The van der Waals surface area contributed by atoms with Crippen molar-refractivity contribution in [2.75, 3.05) is 0 Å². The minimum absolute atomic E-state index is 0.0585. The molecule has 0 radical (unpaired) electrons. The van der Waals surface area contributed by atoms with Gasteiger partial charge in [0.2, 0.25) is 0 Å². The molecule has 0 nitrogen and oxygen atoms in total. The monoisotopic (exact) mass is 224 g/mol. The summed E-state index contributed by atoms with van der Waals surface area (Å²) in [6, 6.07) is 0. The summed E-state index contributed by atoms with van der Waals surface area (Å²) in [4.78, 5) is 0. The number of allylic oxidation sites excluding steroid dienone is 4. The fourth-order valence-corrected chi connectivity index (χ4v) is 1.15. The zero-order valence-corrected chi connectivity index (χ0v) is 6.48. The Hall–Kier alpha value is 0.140. The van der Waals surface area contributed by atoms with Crippen LogP contribution in [0.3, 0.4) is 0 Å². The quantitative estimate of drug-likeness (QED) is 0.555. The fourth-order valence-electron chi connectivity index (χ4n) is 0.615. The van der Waals surface area contributed by atoms with Crippen molar-refractivity contribution in [1.29, 1.82) is 0 Å². The maximum absolute atomic E-state index is 12.4. The van der Waals surface area contributed by atoms with E-state index in [1.54, 1.807) is 6.08 Å². The lowest BCUT2D eigenvalue weighted by Gasteiger charge is -2.00. The molecule has 0 unspecified atom stereocenters. The standard InChI is InChI=1S/C6H6FI/c7-5-3-1-2-4-6(5)8/h3-4H,1-2H2. The lowest BCUT2D eigenvalue weighted by Crippen LogP contribution is -1.80. The Labute approximate surface area is 61.6 Å². The van der Waals surface area contributed by atoms with Gasteiger partial charge >= 0.3 is 0 Å². The predicted molar refractivity (Wildman–Crippen MR) is 40.5 cm³/mol. The van der Waals surface area contributed by atoms with Crippen LogP contribution in [-0.2, 0) is 0 Å². The molecule has 0 aromatic heterocycles. The summed E-state index contributed by atoms with van der Waals surface area (Å²) in [5, 5.41) is 0. The smallest absolute Gasteiger partial charge is 0.132 e. The van der Waals surface area contributed by atoms with E-state index in [2.05, 4.69) is 0 Å². The molecule has 0 saturated heterocycles. The number of halogens is 2. The van der Waals surface area contributed by atoms with E-state index >= 15 is 0 Å². The average Bonchev–Trinajstić information content (AvgIpc) is 1.77. The summed E-state index contributed by atoms with van der Waals surface area (Å²) >= 11 is 2.00. The van der Waals surface area contributed by atoms with Crippen LogP contribution in [0.4, 0.5) is 4.39 Å². The molecule has 0 amide bonds. The van der Waals surface area contributed by atoms with Crippen LogP contribution in [0.1, 0.15) is 12.8 Å². The van der Waals surface area contributed by atoms with Gasteiger partial charge in [0.15, 0.2) is 0 Å². The largest absolute Gasteiger partial charge is 0.206 e. The van der Waals surface area contributed by atoms with Crippen LogP contribution in [0, 0.1) is 0 Å². The first kappa shape index (κ1) is 6.26. The van der Waals surface area contributed by atoms with Gasteiger partial charge < -0.3 is 0 Å². The van der Waals surface area contributed by atoms with Gasteiger partial charge in [-0.3, -0.25) is 0 Å². The van der Waals surface area contributed by atoms with Gasteiger partial charge in [-0.2, -0.15) is 0 Å². The molecule has 0 bridgehead atoms. The Kier molecular flexibility index (Phi) is 2.05. The van der Waals surface area contributed by atoms with Crippen molar-refractivity contribution in [3.63, 3.8) is 0 Å². The van der Waals surface area contributed by atoms with Crippen molar-refractivity contribution in [1.82, 2.24) is 0 Å². The molecule has 0 saturated carbocycles. The Bertz CT molecular complexity index is 129. The minimum Gasteiger partial charge on any atom is -0.206 e. The van der Waals surface area contributed by atoms with Gasteiger partial charge in [0, 0.05) is 3.58 Å². The summed E-state index contributed by atoms with van der Waals surface area (Å²) in [5.74, 6) is -0.0585. The van der Waals surface area contributed by atoms with E-state index in [0.717, 1.165) is 16.4 Å². The van der Waals surface area contributed by atoms with Gasteiger partial charge in [0.1, 0.15) is 5.83 Å². The van der Waals surface area contributed by atoms with Gasteiger partial charge in [0.25, 0.3) is 0 Å². The number of rotatable bonds is 0. The van der Waals surface area contributed by atoms with Crippen LogP contribution >= 0.6 is 22.6 Å². The zero-order chi connectivity index (χ0) is 5.98. The molecule has 0 atom stereocenters. The van der Waals surface area contributed by atoms with E-state index in [9.17, 15) is 4.39 Å². The van der Waals surface area contributed by atoms with Crippen LogP contribution in [0.25, 0.3) is 0 Å². The fraction of sp³-hybridized carbons (Fsp3) is 0.333. The van der Waals surface area contributed by atoms with Gasteiger partial charge in [-0.05, 0) is 41.5 Å². The topological polar surface area (TPSA) is 0 Å². The maximum atomic E-state index is 12.4. The van der Waals surface area contributed by atoms with Crippen LogP contribution in [0.5, 0.6) is 0 Å². The van der Waals surface area contributed by atoms with E-state index in [4.69, 9.17) is 0 Å². The van der Waals surface area contributed by atoms with Gasteiger partial charge in [-0.25, -0.2) is 4.39 Å². The SMILES string of the molecule is FC1=CCCC=C1I. The molecular weight excluding hydrogens is 218 g/mol. The lowest BCUT2D eigenvalue weighted by molar-refractivity contribution is 0.650. The first-order valence-electron chi connectivity index (χ1n) is 2.52. The molecule has 0 heterocycles. The third-order valence-electron chi connectivity index (χ3n) is 1.04. The molecule has 0 aromatic carbocycles. The third-order valence-corrected chi connectivity index (χ3v) is 2.00. The summed E-state index contributed by atoms with van der Waals surface area (Å²) in [7, 11) is 0. The van der Waals surface area contributed by atoms with Crippen LogP contribution in [-0.4, -0.2) is 0 Å². The van der Waals surface area contributed by atoms with Crippen LogP contribution < -0.4 is 0 Å². The summed E-state index contributed by atoms with van der Waals surface area (Å²) < 4.78 is 13.1. The average molecular weight is 224 g/mol. The Balaban J connectivity index is 2.73. The highest BCUT2D eigenvalue weighted by Crippen LogP contribution is 2.24. The second-order valence-corrected chi connectivity index (χ2v) is 2.84. The second-order valence-electron chi connectivity index (χ2n) is 1.68. The lowest BCUT2D eigenvalue weighted by atomic mass is 10.2. The van der Waals surface area contributed by atoms with Crippen LogP contribution in [0.15, 0.2) is 21.6 Å². The number of hydrogen-bond acceptors (Lipinski definition) is 0. The third kappa shape index (κ3) is 1.31. The highest BCUT2D eigenvalue weighted by atomic mass is 127. The molecule has 1 aliphatic rings. The normalized spacial score (nSPS) is 19.8. The van der Waals surface area contributed by atoms with E-state index in [0.29, 0.717) is 0 Å². The van der Waals surface area contributed by atoms with Gasteiger partial charge in [0.05, 0.1) is 0 Å².